The lowest BCUT2D eigenvalue weighted by molar-refractivity contribution is -0.137. The molecule has 0 aromatic heterocycles. The summed E-state index contributed by atoms with van der Waals surface area (Å²) in [6.45, 7) is 8.43. The molecule has 22 heavy (non-hydrogen) atoms. The van der Waals surface area contributed by atoms with Crippen LogP contribution in [0.5, 0.6) is 0 Å². The minimum Gasteiger partial charge on any atom is -0.463 e. The Bertz CT molecular complexity index is 528. The average Bonchev–Trinajstić information content (AvgIpc) is 2.46. The van der Waals surface area contributed by atoms with Crippen molar-refractivity contribution in [1.29, 1.82) is 0 Å². The van der Waals surface area contributed by atoms with Gasteiger partial charge >= 0.3 is 5.97 Å². The third-order valence-electron chi connectivity index (χ3n) is 3.69. The van der Waals surface area contributed by atoms with Crippen molar-refractivity contribution in [1.82, 2.24) is 0 Å². The largest absolute Gasteiger partial charge is 0.463 e. The molecule has 2 nitrogen and oxygen atoms in total. The van der Waals surface area contributed by atoms with Crippen LogP contribution in [0.2, 0.25) is 0 Å². The summed E-state index contributed by atoms with van der Waals surface area (Å²) in [7, 11) is 0. The summed E-state index contributed by atoms with van der Waals surface area (Å²) in [4.78, 5) is 11.3. The lowest BCUT2D eigenvalue weighted by Gasteiger charge is -2.14. The van der Waals surface area contributed by atoms with Gasteiger partial charge in [-0.15, -0.1) is 0 Å². The molecular formula is C20H28O2. The molecule has 1 aliphatic carbocycles. The molecule has 0 saturated heterocycles. The van der Waals surface area contributed by atoms with Crippen molar-refractivity contribution in [3.05, 3.63) is 58.7 Å². The molecule has 0 bridgehead atoms. The molecule has 0 amide bonds. The van der Waals surface area contributed by atoms with Gasteiger partial charge in [0.15, 0.2) is 0 Å². The molecule has 0 N–H and O–H groups in total. The van der Waals surface area contributed by atoms with Crippen LogP contribution in [0.15, 0.2) is 58.7 Å². The van der Waals surface area contributed by atoms with E-state index in [-0.39, 0.29) is 5.97 Å². The van der Waals surface area contributed by atoms with Crippen molar-refractivity contribution < 1.29 is 9.53 Å². The van der Waals surface area contributed by atoms with Gasteiger partial charge in [-0.05, 0) is 64.5 Å². The topological polar surface area (TPSA) is 26.3 Å². The van der Waals surface area contributed by atoms with Crippen molar-refractivity contribution in [3.8, 4) is 0 Å². The van der Waals surface area contributed by atoms with Crippen LogP contribution in [0.25, 0.3) is 0 Å². The third-order valence-corrected chi connectivity index (χ3v) is 3.69. The standard InChI is InChI=1S/C20H28O2/c1-5-22-20(21)15-17(3)10-8-9-16(2)13-14-19-12-7-6-11-18(19)4/h8-10,13-15H,5-7,11-12H2,1-4H3/b10-8+,14-13+,16-9+,17-15+. The lowest BCUT2D eigenvalue weighted by atomic mass is 9.92. The summed E-state index contributed by atoms with van der Waals surface area (Å²) >= 11 is 0. The zero-order valence-corrected chi connectivity index (χ0v) is 14.3. The summed E-state index contributed by atoms with van der Waals surface area (Å²) in [5.74, 6) is -0.287. The fraction of sp³-hybridized carbons (Fsp3) is 0.450. The quantitative estimate of drug-likeness (QED) is 0.370. The normalized spacial score (nSPS) is 17.6. The van der Waals surface area contributed by atoms with E-state index in [1.165, 1.54) is 48.5 Å². The fourth-order valence-corrected chi connectivity index (χ4v) is 2.36. The van der Waals surface area contributed by atoms with E-state index in [1.54, 1.807) is 6.92 Å². The summed E-state index contributed by atoms with van der Waals surface area (Å²) in [6.07, 6.45) is 16.9. The highest BCUT2D eigenvalue weighted by atomic mass is 16.5. The Morgan fingerprint density at radius 3 is 2.55 bits per heavy atom. The number of hydrogen-bond acceptors (Lipinski definition) is 2. The molecule has 0 aromatic carbocycles. The molecule has 1 aliphatic rings. The Hall–Kier alpha value is -1.83. The molecule has 0 heterocycles. The van der Waals surface area contributed by atoms with Crippen LogP contribution in [-0.4, -0.2) is 12.6 Å². The molecule has 0 saturated carbocycles. The Morgan fingerprint density at radius 1 is 1.14 bits per heavy atom. The number of hydrogen-bond donors (Lipinski definition) is 0. The summed E-state index contributed by atoms with van der Waals surface area (Å²) in [5, 5.41) is 0. The highest BCUT2D eigenvalue weighted by Crippen LogP contribution is 2.25. The number of carbonyl (C=O) groups is 1. The van der Waals surface area contributed by atoms with E-state index < -0.39 is 0 Å². The minimum atomic E-state index is -0.287. The zero-order chi connectivity index (χ0) is 16.4. The SMILES string of the molecule is CCOC(=O)/C=C(C)/C=C/C=C(C)/C=C/C1=C(C)CCCC1. The van der Waals surface area contributed by atoms with E-state index in [2.05, 4.69) is 32.1 Å². The van der Waals surface area contributed by atoms with Crippen LogP contribution in [0.3, 0.4) is 0 Å². The van der Waals surface area contributed by atoms with Gasteiger partial charge in [-0.3, -0.25) is 0 Å². The predicted molar refractivity (Wildman–Crippen MR) is 93.6 cm³/mol. The van der Waals surface area contributed by atoms with Gasteiger partial charge in [0.25, 0.3) is 0 Å². The van der Waals surface area contributed by atoms with Crippen molar-refractivity contribution >= 4 is 5.97 Å². The first-order valence-corrected chi connectivity index (χ1v) is 8.09. The summed E-state index contributed by atoms with van der Waals surface area (Å²) in [5.41, 5.74) is 5.10. The molecule has 1 rings (SSSR count). The molecule has 0 unspecified atom stereocenters. The summed E-state index contributed by atoms with van der Waals surface area (Å²) < 4.78 is 4.87. The Balaban J connectivity index is 2.58. The van der Waals surface area contributed by atoms with Gasteiger partial charge in [-0.25, -0.2) is 4.79 Å². The fourth-order valence-electron chi connectivity index (χ4n) is 2.36. The molecule has 120 valence electrons. The highest BCUT2D eigenvalue weighted by molar-refractivity contribution is 5.83. The molecule has 0 aromatic rings. The monoisotopic (exact) mass is 300 g/mol. The van der Waals surface area contributed by atoms with Gasteiger partial charge < -0.3 is 4.74 Å². The first-order chi connectivity index (χ1) is 10.5. The second-order valence-electron chi connectivity index (χ2n) is 5.76. The molecule has 0 aliphatic heterocycles. The molecule has 0 radical (unpaired) electrons. The van der Waals surface area contributed by atoms with Gasteiger partial charge in [0.1, 0.15) is 0 Å². The number of allylic oxidation sites excluding steroid dienone is 9. The lowest BCUT2D eigenvalue weighted by Crippen LogP contribution is -1.99. The van der Waals surface area contributed by atoms with Gasteiger partial charge in [-0.1, -0.05) is 41.5 Å². The number of carbonyl (C=O) groups excluding carboxylic acids is 1. The van der Waals surface area contributed by atoms with Gasteiger partial charge in [0.2, 0.25) is 0 Å². The summed E-state index contributed by atoms with van der Waals surface area (Å²) in [6, 6.07) is 0. The van der Waals surface area contributed by atoms with Crippen LogP contribution in [0.4, 0.5) is 0 Å². The van der Waals surface area contributed by atoms with E-state index >= 15 is 0 Å². The molecule has 0 fully saturated rings. The minimum absolute atomic E-state index is 0.287. The first kappa shape index (κ1) is 18.2. The second kappa shape index (κ2) is 9.99. The Labute approximate surface area is 134 Å². The predicted octanol–water partition coefficient (Wildman–Crippen LogP) is 5.45. The van der Waals surface area contributed by atoms with Gasteiger partial charge in [-0.2, -0.15) is 0 Å². The molecule has 0 spiro atoms. The molecule has 2 heteroatoms. The van der Waals surface area contributed by atoms with E-state index in [0.717, 1.165) is 5.57 Å². The Morgan fingerprint density at radius 2 is 1.86 bits per heavy atom. The van der Waals surface area contributed by atoms with Crippen LogP contribution in [-0.2, 0) is 9.53 Å². The smallest absolute Gasteiger partial charge is 0.330 e. The zero-order valence-electron chi connectivity index (χ0n) is 14.3. The highest BCUT2D eigenvalue weighted by Gasteiger charge is 2.05. The van der Waals surface area contributed by atoms with E-state index in [1.807, 2.05) is 19.1 Å². The number of ether oxygens (including phenoxy) is 1. The van der Waals surface area contributed by atoms with Crippen molar-refractivity contribution in [2.75, 3.05) is 6.61 Å². The van der Waals surface area contributed by atoms with Crippen LogP contribution in [0, 0.1) is 0 Å². The van der Waals surface area contributed by atoms with Crippen LogP contribution in [0.1, 0.15) is 53.4 Å². The number of rotatable bonds is 6. The van der Waals surface area contributed by atoms with Crippen LogP contribution >= 0.6 is 0 Å². The van der Waals surface area contributed by atoms with E-state index in [0.29, 0.717) is 6.61 Å². The maximum atomic E-state index is 11.3. The van der Waals surface area contributed by atoms with Crippen molar-refractivity contribution in [2.24, 2.45) is 0 Å². The molecular weight excluding hydrogens is 272 g/mol. The number of esters is 1. The second-order valence-corrected chi connectivity index (χ2v) is 5.76. The van der Waals surface area contributed by atoms with Gasteiger partial charge in [0.05, 0.1) is 6.61 Å². The average molecular weight is 300 g/mol. The first-order valence-electron chi connectivity index (χ1n) is 8.09. The maximum Gasteiger partial charge on any atom is 0.330 e. The maximum absolute atomic E-state index is 11.3. The van der Waals surface area contributed by atoms with Gasteiger partial charge in [0, 0.05) is 6.08 Å². The van der Waals surface area contributed by atoms with Crippen molar-refractivity contribution in [3.63, 3.8) is 0 Å². The van der Waals surface area contributed by atoms with E-state index in [4.69, 9.17) is 4.74 Å². The van der Waals surface area contributed by atoms with Crippen LogP contribution < -0.4 is 0 Å². The van der Waals surface area contributed by atoms with E-state index in [9.17, 15) is 4.79 Å². The Kier molecular flexibility index (Phi) is 8.27. The third kappa shape index (κ3) is 7.26. The molecule has 0 atom stereocenters. The van der Waals surface area contributed by atoms with Crippen molar-refractivity contribution in [2.45, 2.75) is 53.4 Å².